The summed E-state index contributed by atoms with van der Waals surface area (Å²) in [5.74, 6) is 1.69. The molecule has 3 rings (SSSR count). The van der Waals surface area contributed by atoms with Gasteiger partial charge in [-0.2, -0.15) is 0 Å². The number of allylic oxidation sites excluding steroid dienone is 1. The van der Waals surface area contributed by atoms with Gasteiger partial charge in [0.05, 0.1) is 5.25 Å². The molecule has 0 aliphatic heterocycles. The van der Waals surface area contributed by atoms with Crippen LogP contribution in [0.1, 0.15) is 76.5 Å². The number of nitrogens with zero attached hydrogens (tertiary/aromatic N) is 3. The maximum absolute atomic E-state index is 12.5. The topological polar surface area (TPSA) is 59.8 Å². The molecule has 138 valence electrons. The Bertz CT molecular complexity index is 588. The van der Waals surface area contributed by atoms with Gasteiger partial charge >= 0.3 is 0 Å². The van der Waals surface area contributed by atoms with Crippen LogP contribution in [0.25, 0.3) is 0 Å². The van der Waals surface area contributed by atoms with Crippen LogP contribution in [0.3, 0.4) is 0 Å². The fourth-order valence-corrected chi connectivity index (χ4v) is 4.83. The molecular formula is C19H30N4OS. The highest BCUT2D eigenvalue weighted by Crippen LogP contribution is 2.34. The van der Waals surface area contributed by atoms with E-state index in [0.29, 0.717) is 18.5 Å². The quantitative estimate of drug-likeness (QED) is 0.587. The summed E-state index contributed by atoms with van der Waals surface area (Å²) in [6.45, 7) is 6.55. The number of aromatic nitrogens is 3. The highest BCUT2D eigenvalue weighted by atomic mass is 32.2. The van der Waals surface area contributed by atoms with Crippen molar-refractivity contribution in [1.29, 1.82) is 0 Å². The average molecular weight is 363 g/mol. The predicted molar refractivity (Wildman–Crippen MR) is 102 cm³/mol. The van der Waals surface area contributed by atoms with Gasteiger partial charge in [-0.25, -0.2) is 0 Å². The highest BCUT2D eigenvalue weighted by Gasteiger charge is 2.26. The van der Waals surface area contributed by atoms with Crippen LogP contribution in [0.5, 0.6) is 0 Å². The molecule has 0 bridgehead atoms. The Morgan fingerprint density at radius 2 is 1.92 bits per heavy atom. The van der Waals surface area contributed by atoms with Crippen LogP contribution in [0.15, 0.2) is 17.8 Å². The fourth-order valence-electron chi connectivity index (χ4n) is 3.95. The lowest BCUT2D eigenvalue weighted by Gasteiger charge is -2.22. The first-order chi connectivity index (χ1) is 12.2. The van der Waals surface area contributed by atoms with E-state index in [2.05, 4.69) is 26.7 Å². The van der Waals surface area contributed by atoms with Gasteiger partial charge in [0.1, 0.15) is 5.82 Å². The molecule has 0 unspecified atom stereocenters. The van der Waals surface area contributed by atoms with E-state index in [1.54, 1.807) is 0 Å². The molecule has 2 fully saturated rings. The summed E-state index contributed by atoms with van der Waals surface area (Å²) in [6, 6.07) is 0.361. The van der Waals surface area contributed by atoms with Gasteiger partial charge in [-0.05, 0) is 32.6 Å². The lowest BCUT2D eigenvalue weighted by Crippen LogP contribution is -2.37. The first-order valence-electron chi connectivity index (χ1n) is 9.70. The molecule has 2 aliphatic carbocycles. The third-order valence-electron chi connectivity index (χ3n) is 5.38. The number of amides is 1. The largest absolute Gasteiger partial charge is 0.352 e. The second-order valence-electron chi connectivity index (χ2n) is 7.33. The van der Waals surface area contributed by atoms with E-state index in [9.17, 15) is 4.79 Å². The molecule has 5 nitrogen and oxygen atoms in total. The van der Waals surface area contributed by atoms with Gasteiger partial charge in [0.15, 0.2) is 5.16 Å². The van der Waals surface area contributed by atoms with Crippen LogP contribution in [0.4, 0.5) is 0 Å². The Balaban J connectivity index is 1.66. The van der Waals surface area contributed by atoms with Crippen LogP contribution in [-0.2, 0) is 11.3 Å². The Morgan fingerprint density at radius 1 is 1.24 bits per heavy atom. The van der Waals surface area contributed by atoms with Crippen LogP contribution >= 0.6 is 11.8 Å². The van der Waals surface area contributed by atoms with Crippen molar-refractivity contribution < 1.29 is 4.79 Å². The molecule has 0 spiro atoms. The maximum Gasteiger partial charge on any atom is 0.233 e. The number of hydrogen-bond acceptors (Lipinski definition) is 4. The van der Waals surface area contributed by atoms with Crippen molar-refractivity contribution in [3.05, 3.63) is 18.5 Å². The smallest absolute Gasteiger partial charge is 0.233 e. The van der Waals surface area contributed by atoms with Gasteiger partial charge in [-0.3, -0.25) is 4.79 Å². The average Bonchev–Trinajstić information content (AvgIpc) is 3.26. The van der Waals surface area contributed by atoms with Gasteiger partial charge in [0, 0.05) is 18.5 Å². The van der Waals surface area contributed by atoms with E-state index in [-0.39, 0.29) is 11.2 Å². The zero-order chi connectivity index (χ0) is 17.6. The number of nitrogens with one attached hydrogen (secondary N) is 1. The molecule has 1 heterocycles. The van der Waals surface area contributed by atoms with Crippen molar-refractivity contribution >= 4 is 17.7 Å². The molecule has 0 aromatic carbocycles. The SMILES string of the molecule is C=CCn1c(S[C@H](C)C(=O)NC2CCCC2)nnc1C1CCCCC1. The second-order valence-corrected chi connectivity index (χ2v) is 8.63. The van der Waals surface area contributed by atoms with Crippen molar-refractivity contribution in [3.8, 4) is 0 Å². The molecule has 25 heavy (non-hydrogen) atoms. The maximum atomic E-state index is 12.5. The first-order valence-corrected chi connectivity index (χ1v) is 10.6. The van der Waals surface area contributed by atoms with Crippen LogP contribution < -0.4 is 5.32 Å². The van der Waals surface area contributed by atoms with Gasteiger partial charge in [-0.1, -0.05) is 49.9 Å². The van der Waals surface area contributed by atoms with Crippen LogP contribution in [-0.4, -0.2) is 32.0 Å². The first kappa shape index (κ1) is 18.5. The van der Waals surface area contributed by atoms with Crippen molar-refractivity contribution in [2.24, 2.45) is 0 Å². The fraction of sp³-hybridized carbons (Fsp3) is 0.737. The molecule has 1 amide bonds. The van der Waals surface area contributed by atoms with Crippen molar-refractivity contribution in [1.82, 2.24) is 20.1 Å². The standard InChI is InChI=1S/C19H30N4OS/c1-3-13-23-17(15-9-5-4-6-10-15)21-22-19(23)25-14(2)18(24)20-16-11-7-8-12-16/h3,14-16H,1,4-13H2,2H3,(H,20,24)/t14-/m1/s1. The van der Waals surface area contributed by atoms with E-state index < -0.39 is 0 Å². The summed E-state index contributed by atoms with van der Waals surface area (Å²) in [4.78, 5) is 12.5. The Hall–Kier alpha value is -1.30. The lowest BCUT2D eigenvalue weighted by atomic mass is 9.89. The van der Waals surface area contributed by atoms with Crippen LogP contribution in [0, 0.1) is 0 Å². The minimum absolute atomic E-state index is 0.115. The van der Waals surface area contributed by atoms with Gasteiger partial charge in [-0.15, -0.1) is 16.8 Å². The molecule has 1 aromatic heterocycles. The van der Waals surface area contributed by atoms with Crippen molar-refractivity contribution in [3.63, 3.8) is 0 Å². The summed E-state index contributed by atoms with van der Waals surface area (Å²) >= 11 is 1.52. The molecule has 6 heteroatoms. The summed E-state index contributed by atoms with van der Waals surface area (Å²) in [6.07, 6.45) is 12.8. The van der Waals surface area contributed by atoms with E-state index in [1.807, 2.05) is 13.0 Å². The van der Waals surface area contributed by atoms with Gasteiger partial charge < -0.3 is 9.88 Å². The number of carbonyl (C=O) groups is 1. The Kier molecular flexibility index (Phi) is 6.57. The van der Waals surface area contributed by atoms with Crippen LogP contribution in [0.2, 0.25) is 0 Å². The number of rotatable bonds is 7. The van der Waals surface area contributed by atoms with E-state index in [0.717, 1.165) is 23.8 Å². The lowest BCUT2D eigenvalue weighted by molar-refractivity contribution is -0.120. The Morgan fingerprint density at radius 3 is 2.60 bits per heavy atom. The third kappa shape index (κ3) is 4.66. The zero-order valence-electron chi connectivity index (χ0n) is 15.2. The summed E-state index contributed by atoms with van der Waals surface area (Å²) < 4.78 is 2.16. The molecule has 1 atom stereocenters. The Labute approximate surface area is 155 Å². The molecule has 1 aromatic rings. The number of thioether (sulfide) groups is 1. The normalized spacial score (nSPS) is 20.5. The molecule has 2 aliphatic rings. The molecule has 0 radical (unpaired) electrons. The summed E-state index contributed by atoms with van der Waals surface area (Å²) in [5, 5.41) is 12.8. The molecular weight excluding hydrogens is 332 g/mol. The third-order valence-corrected chi connectivity index (χ3v) is 6.46. The second kappa shape index (κ2) is 8.88. The summed E-state index contributed by atoms with van der Waals surface area (Å²) in [7, 11) is 0. The minimum atomic E-state index is -0.160. The molecule has 1 N–H and O–H groups in total. The summed E-state index contributed by atoms with van der Waals surface area (Å²) in [5.41, 5.74) is 0. The minimum Gasteiger partial charge on any atom is -0.352 e. The number of hydrogen-bond donors (Lipinski definition) is 1. The van der Waals surface area contributed by atoms with Crippen molar-refractivity contribution in [2.45, 2.75) is 93.6 Å². The monoisotopic (exact) mass is 362 g/mol. The van der Waals surface area contributed by atoms with Gasteiger partial charge in [0.2, 0.25) is 5.91 Å². The molecule has 0 saturated heterocycles. The van der Waals surface area contributed by atoms with E-state index in [4.69, 9.17) is 0 Å². The predicted octanol–water partition coefficient (Wildman–Crippen LogP) is 4.05. The van der Waals surface area contributed by atoms with Gasteiger partial charge in [0.25, 0.3) is 0 Å². The molecule has 2 saturated carbocycles. The highest BCUT2D eigenvalue weighted by molar-refractivity contribution is 8.00. The van der Waals surface area contributed by atoms with E-state index >= 15 is 0 Å². The van der Waals surface area contributed by atoms with E-state index in [1.165, 1.54) is 56.7 Å². The zero-order valence-corrected chi connectivity index (χ0v) is 16.1. The number of carbonyl (C=O) groups excluding carboxylic acids is 1. The van der Waals surface area contributed by atoms with Crippen molar-refractivity contribution in [2.75, 3.05) is 0 Å².